The molecule has 0 aliphatic carbocycles. The normalized spacial score (nSPS) is 11.7. The maximum absolute atomic E-state index is 13.2. The molecule has 0 bridgehead atoms. The Balaban J connectivity index is 1.43. The van der Waals surface area contributed by atoms with Gasteiger partial charge in [0.1, 0.15) is 11.5 Å². The first-order valence-corrected chi connectivity index (χ1v) is 14.5. The number of nitrogens with zero attached hydrogens (tertiary/aromatic N) is 2. The summed E-state index contributed by atoms with van der Waals surface area (Å²) in [5.74, 6) is 0.846. The number of anilines is 1. The molecule has 5 aromatic rings. The Kier molecular flexibility index (Phi) is 9.19. The second-order valence-corrected chi connectivity index (χ2v) is 10.6. The van der Waals surface area contributed by atoms with Gasteiger partial charge in [0.25, 0.3) is 5.91 Å². The van der Waals surface area contributed by atoms with Crippen LogP contribution in [0.3, 0.4) is 0 Å². The summed E-state index contributed by atoms with van der Waals surface area (Å²) < 4.78 is 16.3. The second kappa shape index (κ2) is 13.4. The van der Waals surface area contributed by atoms with Crippen molar-refractivity contribution in [1.82, 2.24) is 9.97 Å². The number of ether oxygens (including phenoxy) is 3. The van der Waals surface area contributed by atoms with Crippen molar-refractivity contribution in [3.05, 3.63) is 102 Å². The number of benzene rings is 4. The molecule has 1 amide bonds. The van der Waals surface area contributed by atoms with Crippen LogP contribution in [0.5, 0.6) is 11.5 Å². The van der Waals surface area contributed by atoms with E-state index in [2.05, 4.69) is 19.2 Å². The Bertz CT molecular complexity index is 1770. The van der Waals surface area contributed by atoms with Crippen molar-refractivity contribution in [2.75, 3.05) is 19.5 Å². The van der Waals surface area contributed by atoms with Gasteiger partial charge in [0.05, 0.1) is 42.2 Å². The summed E-state index contributed by atoms with van der Waals surface area (Å²) >= 11 is 0. The number of methoxy groups -OCH3 is 2. The zero-order valence-electron chi connectivity index (χ0n) is 25.5. The molecule has 0 saturated carbocycles. The highest BCUT2D eigenvalue weighted by atomic mass is 16.5. The molecule has 1 N–H and O–H groups in total. The van der Waals surface area contributed by atoms with Crippen LogP contribution in [-0.2, 0) is 9.53 Å². The summed E-state index contributed by atoms with van der Waals surface area (Å²) in [6.07, 6.45) is -0.636. The minimum atomic E-state index is -0.957. The summed E-state index contributed by atoms with van der Waals surface area (Å²) in [5, 5.41) is 2.85. The molecule has 224 valence electrons. The SMILES string of the molecule is CCC(OC(=O)c1ccc2nc(-c3ccc(OC)cc3)c(-c3ccc(OC)cc3)nc2c1)C(=O)Nc1ccc(C(C)C)cc1. The van der Waals surface area contributed by atoms with E-state index < -0.39 is 12.1 Å². The van der Waals surface area contributed by atoms with Crippen molar-refractivity contribution in [3.8, 4) is 34.0 Å². The van der Waals surface area contributed by atoms with E-state index in [1.807, 2.05) is 72.8 Å². The molecule has 0 fully saturated rings. The molecule has 8 heteroatoms. The summed E-state index contributed by atoms with van der Waals surface area (Å²) in [4.78, 5) is 36.1. The lowest BCUT2D eigenvalue weighted by molar-refractivity contribution is -0.124. The molecule has 1 aromatic heterocycles. The van der Waals surface area contributed by atoms with E-state index in [1.54, 1.807) is 39.3 Å². The smallest absolute Gasteiger partial charge is 0.338 e. The molecule has 0 spiro atoms. The Morgan fingerprint density at radius 1 is 0.727 bits per heavy atom. The number of fused-ring (bicyclic) bond motifs is 1. The van der Waals surface area contributed by atoms with Crippen LogP contribution < -0.4 is 14.8 Å². The average Bonchev–Trinajstić information content (AvgIpc) is 3.06. The van der Waals surface area contributed by atoms with Crippen molar-refractivity contribution in [2.45, 2.75) is 39.2 Å². The molecule has 44 heavy (non-hydrogen) atoms. The van der Waals surface area contributed by atoms with E-state index in [4.69, 9.17) is 24.2 Å². The minimum absolute atomic E-state index is 0.275. The molecule has 1 unspecified atom stereocenters. The lowest BCUT2D eigenvalue weighted by Gasteiger charge is -2.17. The zero-order valence-corrected chi connectivity index (χ0v) is 25.5. The number of amides is 1. The molecule has 0 saturated heterocycles. The Morgan fingerprint density at radius 2 is 1.27 bits per heavy atom. The molecular weight excluding hydrogens is 554 g/mol. The first kappa shape index (κ1) is 30.2. The second-order valence-electron chi connectivity index (χ2n) is 10.6. The Hall–Kier alpha value is -5.24. The summed E-state index contributed by atoms with van der Waals surface area (Å²) in [7, 11) is 3.24. The standard InChI is InChI=1S/C36H35N3O5/c1-6-32(35(40)37-27-14-7-23(8-15-27)22(2)3)44-36(41)26-13-20-30-31(21-26)39-34(25-11-18-29(43-5)19-12-25)33(38-30)24-9-16-28(42-4)17-10-24/h7-22,32H,6H2,1-5H3,(H,37,40). The monoisotopic (exact) mass is 589 g/mol. The third-order valence-electron chi connectivity index (χ3n) is 7.38. The predicted molar refractivity (Wildman–Crippen MR) is 172 cm³/mol. The van der Waals surface area contributed by atoms with Crippen molar-refractivity contribution >= 4 is 28.6 Å². The van der Waals surface area contributed by atoms with Gasteiger partial charge in [0.15, 0.2) is 6.10 Å². The highest BCUT2D eigenvalue weighted by Crippen LogP contribution is 2.33. The number of carbonyl (C=O) groups excluding carboxylic acids is 2. The van der Waals surface area contributed by atoms with E-state index in [0.29, 0.717) is 40.4 Å². The van der Waals surface area contributed by atoms with Crippen LogP contribution in [0.25, 0.3) is 33.5 Å². The Labute approximate surface area is 257 Å². The largest absolute Gasteiger partial charge is 0.497 e. The molecule has 0 aliphatic rings. The number of nitrogens with one attached hydrogen (secondary N) is 1. The third-order valence-corrected chi connectivity index (χ3v) is 7.38. The molecule has 4 aromatic carbocycles. The van der Waals surface area contributed by atoms with Gasteiger partial charge in [-0.05, 0) is 96.8 Å². The van der Waals surface area contributed by atoms with E-state index >= 15 is 0 Å². The molecule has 5 rings (SSSR count). The van der Waals surface area contributed by atoms with Gasteiger partial charge in [-0.25, -0.2) is 14.8 Å². The number of aromatic nitrogens is 2. The van der Waals surface area contributed by atoms with Gasteiger partial charge in [-0.2, -0.15) is 0 Å². The van der Waals surface area contributed by atoms with Gasteiger partial charge in [-0.1, -0.05) is 32.9 Å². The van der Waals surface area contributed by atoms with Crippen LogP contribution >= 0.6 is 0 Å². The fourth-order valence-corrected chi connectivity index (χ4v) is 4.78. The van der Waals surface area contributed by atoms with Crippen molar-refractivity contribution in [3.63, 3.8) is 0 Å². The van der Waals surface area contributed by atoms with Gasteiger partial charge in [0, 0.05) is 16.8 Å². The first-order chi connectivity index (χ1) is 21.3. The van der Waals surface area contributed by atoms with Gasteiger partial charge in [-0.3, -0.25) is 4.79 Å². The molecule has 0 aliphatic heterocycles. The number of carbonyl (C=O) groups is 2. The van der Waals surface area contributed by atoms with E-state index in [-0.39, 0.29) is 11.5 Å². The van der Waals surface area contributed by atoms with Gasteiger partial charge >= 0.3 is 5.97 Å². The quantitative estimate of drug-likeness (QED) is 0.167. The van der Waals surface area contributed by atoms with Crippen molar-refractivity contribution < 1.29 is 23.8 Å². The zero-order chi connectivity index (χ0) is 31.2. The van der Waals surface area contributed by atoms with Crippen LogP contribution in [-0.4, -0.2) is 42.2 Å². The van der Waals surface area contributed by atoms with Crippen molar-refractivity contribution in [1.29, 1.82) is 0 Å². The fraction of sp³-hybridized carbons (Fsp3) is 0.222. The summed E-state index contributed by atoms with van der Waals surface area (Å²) in [6, 6.07) is 27.8. The van der Waals surface area contributed by atoms with E-state index in [1.165, 1.54) is 5.56 Å². The number of esters is 1. The van der Waals surface area contributed by atoms with Gasteiger partial charge in [-0.15, -0.1) is 0 Å². The van der Waals surface area contributed by atoms with Crippen LogP contribution in [0.15, 0.2) is 91.0 Å². The Morgan fingerprint density at radius 3 is 1.77 bits per heavy atom. The summed E-state index contributed by atoms with van der Waals surface area (Å²) in [5.41, 5.74) is 6.26. The fourth-order valence-electron chi connectivity index (χ4n) is 4.78. The van der Waals surface area contributed by atoms with E-state index in [9.17, 15) is 9.59 Å². The van der Waals surface area contributed by atoms with E-state index in [0.717, 1.165) is 22.6 Å². The summed E-state index contributed by atoms with van der Waals surface area (Å²) in [6.45, 7) is 6.02. The molecule has 1 heterocycles. The predicted octanol–water partition coefficient (Wildman–Crippen LogP) is 7.68. The van der Waals surface area contributed by atoms with Crippen LogP contribution in [0.2, 0.25) is 0 Å². The van der Waals surface area contributed by atoms with Crippen LogP contribution in [0, 0.1) is 0 Å². The van der Waals surface area contributed by atoms with Gasteiger partial charge < -0.3 is 19.5 Å². The van der Waals surface area contributed by atoms with Crippen LogP contribution in [0.4, 0.5) is 5.69 Å². The number of rotatable bonds is 10. The maximum atomic E-state index is 13.2. The minimum Gasteiger partial charge on any atom is -0.497 e. The van der Waals surface area contributed by atoms with Crippen LogP contribution in [0.1, 0.15) is 49.0 Å². The molecular formula is C36H35N3O5. The highest BCUT2D eigenvalue weighted by Gasteiger charge is 2.23. The lowest BCUT2D eigenvalue weighted by Crippen LogP contribution is -2.32. The number of hydrogen-bond acceptors (Lipinski definition) is 7. The molecule has 0 radical (unpaired) electrons. The van der Waals surface area contributed by atoms with Gasteiger partial charge in [0.2, 0.25) is 0 Å². The lowest BCUT2D eigenvalue weighted by atomic mass is 10.0. The first-order valence-electron chi connectivity index (χ1n) is 14.5. The number of hydrogen-bond donors (Lipinski definition) is 1. The molecule has 8 nitrogen and oxygen atoms in total. The van der Waals surface area contributed by atoms with Crippen molar-refractivity contribution in [2.24, 2.45) is 0 Å². The molecule has 1 atom stereocenters. The third kappa shape index (κ3) is 6.70. The average molecular weight is 590 g/mol. The highest BCUT2D eigenvalue weighted by molar-refractivity contribution is 5.99. The topological polar surface area (TPSA) is 99.6 Å². The maximum Gasteiger partial charge on any atom is 0.338 e.